The van der Waals surface area contributed by atoms with Crippen LogP contribution in [0.15, 0.2) is 29.7 Å². The molecule has 19 heavy (non-hydrogen) atoms. The van der Waals surface area contributed by atoms with Gasteiger partial charge in [0, 0.05) is 28.5 Å². The van der Waals surface area contributed by atoms with Crippen LogP contribution >= 0.6 is 23.7 Å². The molecule has 1 fully saturated rings. The highest BCUT2D eigenvalue weighted by atomic mass is 32.2. The van der Waals surface area contributed by atoms with Crippen molar-refractivity contribution < 1.29 is 0 Å². The maximum Gasteiger partial charge on any atom is 0.0645 e. The summed E-state index contributed by atoms with van der Waals surface area (Å²) in [5, 5.41) is 6.52. The third kappa shape index (κ3) is 3.28. The number of rotatable bonds is 5. The lowest BCUT2D eigenvalue weighted by atomic mass is 10.0. The van der Waals surface area contributed by atoms with Gasteiger partial charge in [0.25, 0.3) is 0 Å². The van der Waals surface area contributed by atoms with Gasteiger partial charge in [-0.2, -0.15) is 16.6 Å². The summed E-state index contributed by atoms with van der Waals surface area (Å²) in [7, 11) is 0. The molecule has 1 saturated heterocycles. The molecule has 5 heteroatoms. The molecule has 3 nitrogen and oxygen atoms in total. The highest BCUT2D eigenvalue weighted by molar-refractivity contribution is 8.07. The van der Waals surface area contributed by atoms with E-state index in [2.05, 4.69) is 59.1 Å². The Morgan fingerprint density at radius 1 is 1.32 bits per heavy atom. The van der Waals surface area contributed by atoms with Crippen LogP contribution in [0.2, 0.25) is 0 Å². The minimum atomic E-state index is 0.236. The van der Waals surface area contributed by atoms with Gasteiger partial charge in [0.2, 0.25) is 0 Å². The van der Waals surface area contributed by atoms with Crippen molar-refractivity contribution >= 4 is 29.4 Å². The summed E-state index contributed by atoms with van der Waals surface area (Å²) in [6.07, 6.45) is 0. The molecule has 1 aromatic rings. The van der Waals surface area contributed by atoms with Crippen LogP contribution in [0.25, 0.3) is 5.70 Å². The van der Waals surface area contributed by atoms with Crippen molar-refractivity contribution in [2.24, 2.45) is 0 Å². The molecule has 0 spiro atoms. The topological polar surface area (TPSA) is 36.1 Å². The first kappa shape index (κ1) is 13.4. The van der Waals surface area contributed by atoms with Gasteiger partial charge in [-0.1, -0.05) is 24.3 Å². The first-order valence-electron chi connectivity index (χ1n) is 6.48. The fourth-order valence-corrected chi connectivity index (χ4v) is 3.61. The van der Waals surface area contributed by atoms with Gasteiger partial charge in [0.05, 0.1) is 5.70 Å². The Labute approximate surface area is 123 Å². The molecule has 2 aliphatic rings. The number of nitrogens with one attached hydrogen (secondary N) is 3. The second-order valence-corrected chi connectivity index (χ2v) is 7.38. The van der Waals surface area contributed by atoms with E-state index in [9.17, 15) is 0 Å². The van der Waals surface area contributed by atoms with Crippen molar-refractivity contribution in [1.29, 1.82) is 0 Å². The van der Waals surface area contributed by atoms with E-state index in [4.69, 9.17) is 0 Å². The van der Waals surface area contributed by atoms with Gasteiger partial charge in [-0.15, -0.1) is 0 Å². The molecule has 2 aliphatic heterocycles. The van der Waals surface area contributed by atoms with E-state index in [-0.39, 0.29) is 5.54 Å². The van der Waals surface area contributed by atoms with Gasteiger partial charge in [0.1, 0.15) is 0 Å². The number of hydrogen-bond donors (Lipinski definition) is 3. The van der Waals surface area contributed by atoms with Crippen molar-refractivity contribution in [3.8, 4) is 0 Å². The van der Waals surface area contributed by atoms with Crippen molar-refractivity contribution in [3.63, 3.8) is 0 Å². The van der Waals surface area contributed by atoms with Gasteiger partial charge >= 0.3 is 0 Å². The molecule has 0 saturated carbocycles. The van der Waals surface area contributed by atoms with Crippen molar-refractivity contribution in [1.82, 2.24) is 15.6 Å². The summed E-state index contributed by atoms with van der Waals surface area (Å²) in [4.78, 5) is 3.01. The van der Waals surface area contributed by atoms with E-state index in [1.807, 2.05) is 11.8 Å². The lowest BCUT2D eigenvalue weighted by molar-refractivity contribution is 0.401. The number of benzene rings is 1. The molecule has 0 aromatic heterocycles. The standard InChI is InChI=1S/C14H19N3S2/c1-14(2,13-9-18-13)15-7-10-3-5-11(6-4-10)12-8-19-17-16-12/h3-6,8,13,15-17H,7,9H2,1-2H3. The average Bonchev–Trinajstić information content (AvgIpc) is 3.15. The fraction of sp³-hybridized carbons (Fsp3) is 0.429. The first-order valence-corrected chi connectivity index (χ1v) is 8.41. The third-order valence-corrected chi connectivity index (χ3v) is 5.40. The molecule has 0 aliphatic carbocycles. The molecular weight excluding hydrogens is 274 g/mol. The third-order valence-electron chi connectivity index (χ3n) is 3.57. The van der Waals surface area contributed by atoms with Gasteiger partial charge in [-0.25, -0.2) is 0 Å². The molecule has 3 N–H and O–H groups in total. The molecular formula is C14H19N3S2. The maximum atomic E-state index is 3.66. The molecule has 0 bridgehead atoms. The monoisotopic (exact) mass is 293 g/mol. The molecule has 1 atom stereocenters. The molecule has 0 amide bonds. The maximum absolute atomic E-state index is 3.66. The lowest BCUT2D eigenvalue weighted by Crippen LogP contribution is -2.43. The Kier molecular flexibility index (Phi) is 3.80. The van der Waals surface area contributed by atoms with Crippen molar-refractivity contribution in [2.75, 3.05) is 5.75 Å². The fourth-order valence-electron chi connectivity index (χ4n) is 2.05. The van der Waals surface area contributed by atoms with Gasteiger partial charge in [0.15, 0.2) is 0 Å². The summed E-state index contributed by atoms with van der Waals surface area (Å²) < 4.78 is 0. The summed E-state index contributed by atoms with van der Waals surface area (Å²) in [5.41, 5.74) is 7.06. The lowest BCUT2D eigenvalue weighted by Gasteiger charge is -2.25. The molecule has 1 aromatic carbocycles. The first-order chi connectivity index (χ1) is 9.15. The van der Waals surface area contributed by atoms with Crippen LogP contribution in [0.5, 0.6) is 0 Å². The number of hydrogen-bond acceptors (Lipinski definition) is 5. The van der Waals surface area contributed by atoms with E-state index in [1.54, 1.807) is 11.9 Å². The number of hydrazine groups is 1. The van der Waals surface area contributed by atoms with Crippen LogP contribution in [0.4, 0.5) is 0 Å². The molecule has 1 unspecified atom stereocenters. The minimum Gasteiger partial charge on any atom is -0.310 e. The minimum absolute atomic E-state index is 0.236. The zero-order valence-electron chi connectivity index (χ0n) is 11.2. The molecule has 0 radical (unpaired) electrons. The molecule has 3 rings (SSSR count). The van der Waals surface area contributed by atoms with Crippen LogP contribution in [-0.4, -0.2) is 16.5 Å². The van der Waals surface area contributed by atoms with Gasteiger partial charge in [-0.05, 0) is 36.9 Å². The van der Waals surface area contributed by atoms with Crippen molar-refractivity contribution in [3.05, 3.63) is 40.8 Å². The van der Waals surface area contributed by atoms with Crippen LogP contribution in [-0.2, 0) is 6.54 Å². The van der Waals surface area contributed by atoms with Crippen LogP contribution in [0.1, 0.15) is 25.0 Å². The highest BCUT2D eigenvalue weighted by Crippen LogP contribution is 2.39. The second kappa shape index (κ2) is 5.40. The second-order valence-electron chi connectivity index (χ2n) is 5.47. The summed E-state index contributed by atoms with van der Waals surface area (Å²) in [6.45, 7) is 5.52. The molecule has 102 valence electrons. The zero-order valence-corrected chi connectivity index (χ0v) is 12.8. The SMILES string of the molecule is CC(C)(NCc1ccc(C2=CSNN2)cc1)C1CS1. The van der Waals surface area contributed by atoms with E-state index >= 15 is 0 Å². The summed E-state index contributed by atoms with van der Waals surface area (Å²) in [5.74, 6) is 1.30. The van der Waals surface area contributed by atoms with E-state index in [0.717, 1.165) is 17.5 Å². The smallest absolute Gasteiger partial charge is 0.0645 e. The highest BCUT2D eigenvalue weighted by Gasteiger charge is 2.38. The van der Waals surface area contributed by atoms with Crippen LogP contribution < -0.4 is 15.6 Å². The van der Waals surface area contributed by atoms with Crippen molar-refractivity contribution in [2.45, 2.75) is 31.2 Å². The number of thioether (sulfide) groups is 1. The Hall–Kier alpha value is -0.620. The normalized spacial score (nSPS) is 22.0. The Balaban J connectivity index is 1.59. The van der Waals surface area contributed by atoms with Crippen LogP contribution in [0, 0.1) is 0 Å². The van der Waals surface area contributed by atoms with E-state index in [1.165, 1.54) is 16.9 Å². The summed E-state index contributed by atoms with van der Waals surface area (Å²) >= 11 is 3.61. The van der Waals surface area contributed by atoms with Crippen LogP contribution in [0.3, 0.4) is 0 Å². The average molecular weight is 293 g/mol. The van der Waals surface area contributed by atoms with Gasteiger partial charge in [-0.3, -0.25) is 0 Å². The Morgan fingerprint density at radius 3 is 2.63 bits per heavy atom. The predicted molar refractivity (Wildman–Crippen MR) is 85.4 cm³/mol. The zero-order chi connectivity index (χ0) is 13.3. The molecule has 2 heterocycles. The Morgan fingerprint density at radius 2 is 2.05 bits per heavy atom. The largest absolute Gasteiger partial charge is 0.310 e. The quantitative estimate of drug-likeness (QED) is 0.575. The van der Waals surface area contributed by atoms with E-state index in [0.29, 0.717) is 0 Å². The summed E-state index contributed by atoms with van der Waals surface area (Å²) in [6, 6.07) is 8.73. The van der Waals surface area contributed by atoms with Gasteiger partial charge < -0.3 is 10.7 Å². The predicted octanol–water partition coefficient (Wildman–Crippen LogP) is 2.72. The van der Waals surface area contributed by atoms with E-state index < -0.39 is 0 Å². The Bertz CT molecular complexity index is 478.